The van der Waals surface area contributed by atoms with Crippen molar-refractivity contribution >= 4 is 11.8 Å². The summed E-state index contributed by atoms with van der Waals surface area (Å²) in [5.74, 6) is 0.818. The summed E-state index contributed by atoms with van der Waals surface area (Å²) in [6.07, 6.45) is 3.45. The first-order valence-electron chi connectivity index (χ1n) is 11.7. The largest absolute Gasteiger partial charge is 0.383 e. The highest BCUT2D eigenvalue weighted by atomic mass is 16.5. The summed E-state index contributed by atoms with van der Waals surface area (Å²) in [6.45, 7) is 9.45. The average molecular weight is 463 g/mol. The zero-order chi connectivity index (χ0) is 24.1. The van der Waals surface area contributed by atoms with Crippen molar-refractivity contribution in [2.24, 2.45) is 0 Å². The van der Waals surface area contributed by atoms with E-state index in [-0.39, 0.29) is 23.4 Å². The van der Waals surface area contributed by atoms with E-state index in [2.05, 4.69) is 53.4 Å². The number of nitrogens with zero attached hydrogens (tertiary/aromatic N) is 4. The summed E-state index contributed by atoms with van der Waals surface area (Å²) in [4.78, 5) is 19.7. The van der Waals surface area contributed by atoms with Crippen LogP contribution < -0.4 is 10.6 Å². The fourth-order valence-corrected chi connectivity index (χ4v) is 4.31. The van der Waals surface area contributed by atoms with Crippen LogP contribution in [0.3, 0.4) is 0 Å². The van der Waals surface area contributed by atoms with Crippen LogP contribution in [0.1, 0.15) is 37.9 Å². The Balaban J connectivity index is 1.53. The van der Waals surface area contributed by atoms with E-state index in [1.807, 2.05) is 36.4 Å². The quantitative estimate of drug-likeness (QED) is 0.558. The van der Waals surface area contributed by atoms with E-state index in [0.29, 0.717) is 12.4 Å². The Hall–Kier alpha value is -3.23. The van der Waals surface area contributed by atoms with Crippen molar-refractivity contribution in [3.05, 3.63) is 72.2 Å². The van der Waals surface area contributed by atoms with Crippen LogP contribution in [0.25, 0.3) is 5.69 Å². The second kappa shape index (κ2) is 10.4. The fourth-order valence-electron chi connectivity index (χ4n) is 4.31. The lowest BCUT2D eigenvalue weighted by Gasteiger charge is -2.20. The summed E-state index contributed by atoms with van der Waals surface area (Å²) in [5.41, 5.74) is 2.75. The van der Waals surface area contributed by atoms with Gasteiger partial charge >= 0.3 is 6.03 Å². The van der Waals surface area contributed by atoms with Crippen molar-refractivity contribution in [2.75, 3.05) is 38.7 Å². The van der Waals surface area contributed by atoms with Gasteiger partial charge in [0.15, 0.2) is 0 Å². The van der Waals surface area contributed by atoms with E-state index >= 15 is 0 Å². The Labute approximate surface area is 201 Å². The van der Waals surface area contributed by atoms with E-state index in [9.17, 15) is 4.79 Å². The van der Waals surface area contributed by atoms with Gasteiger partial charge < -0.3 is 10.1 Å². The monoisotopic (exact) mass is 462 g/mol. The van der Waals surface area contributed by atoms with Crippen molar-refractivity contribution in [2.45, 2.75) is 38.1 Å². The number of hydrogen-bond donors (Lipinski definition) is 2. The van der Waals surface area contributed by atoms with Gasteiger partial charge in [-0.15, -0.1) is 0 Å². The van der Waals surface area contributed by atoms with Gasteiger partial charge in [-0.1, -0.05) is 51.1 Å². The van der Waals surface area contributed by atoms with E-state index in [1.54, 1.807) is 24.2 Å². The van der Waals surface area contributed by atoms with Crippen LogP contribution in [0.2, 0.25) is 0 Å². The third kappa shape index (κ3) is 5.63. The molecule has 0 saturated carbocycles. The molecule has 1 fully saturated rings. The molecular formula is C26H34N6O2. The van der Waals surface area contributed by atoms with Gasteiger partial charge in [0.2, 0.25) is 0 Å². The third-order valence-corrected chi connectivity index (χ3v) is 6.16. The number of aromatic nitrogens is 3. The topological polar surface area (TPSA) is 84.3 Å². The summed E-state index contributed by atoms with van der Waals surface area (Å²) in [5, 5.41) is 11.0. The normalized spacial score (nSPS) is 18.7. The van der Waals surface area contributed by atoms with E-state index in [0.717, 1.165) is 31.0 Å². The van der Waals surface area contributed by atoms with Gasteiger partial charge in [-0.3, -0.25) is 15.2 Å². The zero-order valence-corrected chi connectivity index (χ0v) is 20.4. The van der Waals surface area contributed by atoms with Gasteiger partial charge in [0.25, 0.3) is 0 Å². The summed E-state index contributed by atoms with van der Waals surface area (Å²) < 4.78 is 7.01. The highest BCUT2D eigenvalue weighted by molar-refractivity contribution is 5.89. The molecular weight excluding hydrogens is 428 g/mol. The lowest BCUT2D eigenvalue weighted by atomic mass is 9.92. The van der Waals surface area contributed by atoms with Crippen molar-refractivity contribution in [1.82, 2.24) is 25.0 Å². The number of benzene rings is 1. The van der Waals surface area contributed by atoms with Gasteiger partial charge in [-0.05, 0) is 17.7 Å². The number of carbonyl (C=O) groups excluding carboxylic acids is 1. The molecule has 2 atom stereocenters. The van der Waals surface area contributed by atoms with Crippen molar-refractivity contribution in [1.29, 1.82) is 0 Å². The molecule has 0 unspecified atom stereocenters. The van der Waals surface area contributed by atoms with Gasteiger partial charge in [0, 0.05) is 50.3 Å². The summed E-state index contributed by atoms with van der Waals surface area (Å²) >= 11 is 0. The van der Waals surface area contributed by atoms with Gasteiger partial charge in [0.1, 0.15) is 5.82 Å². The number of urea groups is 1. The molecule has 2 amide bonds. The Morgan fingerprint density at radius 3 is 2.62 bits per heavy atom. The molecule has 0 spiro atoms. The van der Waals surface area contributed by atoms with Crippen LogP contribution in [0.4, 0.5) is 10.6 Å². The van der Waals surface area contributed by atoms with Crippen LogP contribution in [-0.2, 0) is 10.2 Å². The number of rotatable bonds is 7. The lowest BCUT2D eigenvalue weighted by Crippen LogP contribution is -2.42. The molecule has 34 heavy (non-hydrogen) atoms. The molecule has 3 heterocycles. The van der Waals surface area contributed by atoms with Crippen molar-refractivity contribution in [3.8, 4) is 5.69 Å². The number of anilines is 1. The molecule has 4 rings (SSSR count). The molecule has 180 valence electrons. The van der Waals surface area contributed by atoms with E-state index < -0.39 is 0 Å². The predicted molar refractivity (Wildman–Crippen MR) is 134 cm³/mol. The first-order valence-corrected chi connectivity index (χ1v) is 11.7. The molecule has 8 heteroatoms. The summed E-state index contributed by atoms with van der Waals surface area (Å²) in [7, 11) is 1.71. The smallest absolute Gasteiger partial charge is 0.320 e. The second-order valence-corrected chi connectivity index (χ2v) is 9.76. The molecule has 8 nitrogen and oxygen atoms in total. The van der Waals surface area contributed by atoms with Gasteiger partial charge in [0.05, 0.1) is 30.2 Å². The molecule has 1 aromatic carbocycles. The number of likely N-dealkylation sites (tertiary alicyclic amines) is 1. The zero-order valence-electron chi connectivity index (χ0n) is 20.4. The minimum absolute atomic E-state index is 0.0175. The van der Waals surface area contributed by atoms with Crippen LogP contribution in [0.15, 0.2) is 60.9 Å². The highest BCUT2D eigenvalue weighted by Crippen LogP contribution is 2.29. The molecule has 0 radical (unpaired) electrons. The fraction of sp³-hybridized carbons (Fsp3) is 0.423. The Morgan fingerprint density at radius 1 is 1.15 bits per heavy atom. The molecule has 2 N–H and O–H groups in total. The molecule has 0 bridgehead atoms. The Kier molecular flexibility index (Phi) is 7.29. The Bertz CT molecular complexity index is 1080. The molecule has 1 aliphatic rings. The minimum Gasteiger partial charge on any atom is -0.383 e. The highest BCUT2D eigenvalue weighted by Gasteiger charge is 2.34. The lowest BCUT2D eigenvalue weighted by molar-refractivity contribution is 0.159. The maximum absolute atomic E-state index is 13.2. The van der Waals surface area contributed by atoms with Crippen LogP contribution in [0, 0.1) is 0 Å². The van der Waals surface area contributed by atoms with E-state index in [1.165, 1.54) is 5.56 Å². The minimum atomic E-state index is -0.245. The van der Waals surface area contributed by atoms with Gasteiger partial charge in [-0.25, -0.2) is 9.48 Å². The molecule has 1 saturated heterocycles. The second-order valence-electron chi connectivity index (χ2n) is 9.76. The van der Waals surface area contributed by atoms with Crippen molar-refractivity contribution < 1.29 is 9.53 Å². The maximum Gasteiger partial charge on any atom is 0.320 e. The number of pyridine rings is 1. The third-order valence-electron chi connectivity index (χ3n) is 6.16. The summed E-state index contributed by atoms with van der Waals surface area (Å²) in [6, 6.07) is 15.8. The van der Waals surface area contributed by atoms with Crippen LogP contribution in [-0.4, -0.2) is 65.1 Å². The van der Waals surface area contributed by atoms with E-state index in [4.69, 9.17) is 9.84 Å². The van der Waals surface area contributed by atoms with Gasteiger partial charge in [-0.2, -0.15) is 5.10 Å². The molecule has 2 aromatic heterocycles. The molecule has 0 aliphatic carbocycles. The number of ether oxygens (including phenoxy) is 1. The Morgan fingerprint density at radius 2 is 1.94 bits per heavy atom. The number of hydrogen-bond acceptors (Lipinski definition) is 5. The first kappa shape index (κ1) is 23.9. The number of amides is 2. The predicted octanol–water partition coefficient (Wildman–Crippen LogP) is 3.80. The number of methoxy groups -OCH3 is 1. The standard InChI is InChI=1S/C26H34N6O2/c1-26(2,3)23-15-24(32(30-23)20-11-8-12-27-16-20)29-25(33)28-22-18-31(13-14-34-4)17-21(22)19-9-6-5-7-10-19/h5-12,15-16,21-22H,13-14,17-18H2,1-4H3,(H2,28,29,33)/t21-,22+/m0/s1. The van der Waals surface area contributed by atoms with Crippen LogP contribution in [0.5, 0.6) is 0 Å². The maximum atomic E-state index is 13.2. The molecule has 1 aliphatic heterocycles. The van der Waals surface area contributed by atoms with Crippen LogP contribution >= 0.6 is 0 Å². The number of carbonyl (C=O) groups is 1. The SMILES string of the molecule is COCCN1C[C@@H](NC(=O)Nc2cc(C(C)(C)C)nn2-c2cccnc2)[C@H](c2ccccc2)C1. The van der Waals surface area contributed by atoms with Crippen molar-refractivity contribution in [3.63, 3.8) is 0 Å². The average Bonchev–Trinajstić information content (AvgIpc) is 3.43. The first-order chi connectivity index (χ1) is 16.3. The molecule has 3 aromatic rings. The number of nitrogens with one attached hydrogen (secondary N) is 2.